The summed E-state index contributed by atoms with van der Waals surface area (Å²) in [6.45, 7) is 2.90. The lowest BCUT2D eigenvalue weighted by Gasteiger charge is -2.09. The van der Waals surface area contributed by atoms with Crippen molar-refractivity contribution in [3.05, 3.63) is 28.2 Å². The molecule has 0 atom stereocenters. The van der Waals surface area contributed by atoms with Gasteiger partial charge in [0.2, 0.25) is 0 Å². The van der Waals surface area contributed by atoms with Crippen molar-refractivity contribution in [1.29, 1.82) is 0 Å². The van der Waals surface area contributed by atoms with Crippen LogP contribution in [0.4, 0.5) is 5.69 Å². The molecule has 0 aliphatic carbocycles. The Morgan fingerprint density at radius 1 is 1.53 bits per heavy atom. The molecule has 0 saturated heterocycles. The smallest absolute Gasteiger partial charge is 0.337 e. The minimum atomic E-state index is -0.907. The number of halogens is 1. The van der Waals surface area contributed by atoms with Gasteiger partial charge in [-0.15, -0.1) is 0 Å². The Kier molecular flexibility index (Phi) is 4.62. The number of carboxylic acids is 1. The van der Waals surface area contributed by atoms with Crippen LogP contribution in [0.25, 0.3) is 0 Å². The van der Waals surface area contributed by atoms with Crippen molar-refractivity contribution in [3.63, 3.8) is 0 Å². The molecule has 0 aliphatic rings. The van der Waals surface area contributed by atoms with E-state index in [0.717, 1.165) is 23.9 Å². The molecular weight excluding hydrogens is 258 g/mol. The van der Waals surface area contributed by atoms with E-state index < -0.39 is 5.97 Å². The Morgan fingerprint density at radius 2 is 2.27 bits per heavy atom. The third-order valence-corrected chi connectivity index (χ3v) is 2.55. The summed E-state index contributed by atoms with van der Waals surface area (Å²) in [4.78, 5) is 10.9. The van der Waals surface area contributed by atoms with Crippen LogP contribution in [0.1, 0.15) is 30.1 Å². The predicted octanol–water partition coefficient (Wildman–Crippen LogP) is 3.36. The quantitative estimate of drug-likeness (QED) is 0.808. The summed E-state index contributed by atoms with van der Waals surface area (Å²) >= 11 is 3.26. The molecule has 0 saturated carbocycles. The van der Waals surface area contributed by atoms with Gasteiger partial charge in [0.05, 0.1) is 5.56 Å². The normalized spacial score (nSPS) is 10.0. The first kappa shape index (κ1) is 12.0. The molecule has 0 spiro atoms. The van der Waals surface area contributed by atoms with Gasteiger partial charge in [0.25, 0.3) is 0 Å². The predicted molar refractivity (Wildman–Crippen MR) is 64.5 cm³/mol. The third kappa shape index (κ3) is 3.55. The molecule has 1 aromatic rings. The second-order valence-corrected chi connectivity index (χ2v) is 4.19. The van der Waals surface area contributed by atoms with Crippen LogP contribution in [-0.4, -0.2) is 17.6 Å². The third-order valence-electron chi connectivity index (χ3n) is 2.06. The zero-order valence-corrected chi connectivity index (χ0v) is 10.2. The van der Waals surface area contributed by atoms with Crippen molar-refractivity contribution in [2.24, 2.45) is 0 Å². The fourth-order valence-electron chi connectivity index (χ4n) is 1.25. The first-order valence-electron chi connectivity index (χ1n) is 4.92. The Bertz CT molecular complexity index is 352. The average Bonchev–Trinajstić information content (AvgIpc) is 2.20. The summed E-state index contributed by atoms with van der Waals surface area (Å²) in [6.07, 6.45) is 2.13. The molecule has 1 rings (SSSR count). The number of benzene rings is 1. The van der Waals surface area contributed by atoms with Crippen LogP contribution in [0.2, 0.25) is 0 Å². The SMILES string of the molecule is CCCCNc1ccc(Br)cc1C(=O)O. The van der Waals surface area contributed by atoms with Crippen molar-refractivity contribution in [2.75, 3.05) is 11.9 Å². The van der Waals surface area contributed by atoms with Gasteiger partial charge < -0.3 is 10.4 Å². The molecule has 0 aliphatic heterocycles. The van der Waals surface area contributed by atoms with Gasteiger partial charge in [-0.1, -0.05) is 29.3 Å². The van der Waals surface area contributed by atoms with Crippen LogP contribution in [0, 0.1) is 0 Å². The summed E-state index contributed by atoms with van der Waals surface area (Å²) in [5.41, 5.74) is 0.986. The van der Waals surface area contributed by atoms with E-state index >= 15 is 0 Å². The maximum Gasteiger partial charge on any atom is 0.337 e. The van der Waals surface area contributed by atoms with E-state index in [1.54, 1.807) is 12.1 Å². The largest absolute Gasteiger partial charge is 0.478 e. The Hall–Kier alpha value is -1.03. The first-order valence-corrected chi connectivity index (χ1v) is 5.71. The highest BCUT2D eigenvalue weighted by molar-refractivity contribution is 9.10. The van der Waals surface area contributed by atoms with E-state index in [2.05, 4.69) is 28.2 Å². The van der Waals surface area contributed by atoms with Crippen molar-refractivity contribution in [1.82, 2.24) is 0 Å². The Labute approximate surface area is 97.6 Å². The summed E-state index contributed by atoms with van der Waals surface area (Å²) < 4.78 is 0.779. The lowest BCUT2D eigenvalue weighted by atomic mass is 10.2. The van der Waals surface area contributed by atoms with Crippen LogP contribution in [-0.2, 0) is 0 Å². The van der Waals surface area contributed by atoms with E-state index in [4.69, 9.17) is 5.11 Å². The molecule has 0 heterocycles. The van der Waals surface area contributed by atoms with Gasteiger partial charge in [-0.2, -0.15) is 0 Å². The molecule has 0 bridgehead atoms. The number of anilines is 1. The minimum absolute atomic E-state index is 0.306. The highest BCUT2D eigenvalue weighted by atomic mass is 79.9. The number of hydrogen-bond donors (Lipinski definition) is 2. The Morgan fingerprint density at radius 3 is 2.87 bits per heavy atom. The highest BCUT2D eigenvalue weighted by Gasteiger charge is 2.09. The summed E-state index contributed by atoms with van der Waals surface area (Å²) in [5, 5.41) is 12.1. The molecule has 15 heavy (non-hydrogen) atoms. The van der Waals surface area contributed by atoms with E-state index in [0.29, 0.717) is 11.3 Å². The van der Waals surface area contributed by atoms with Crippen molar-refractivity contribution < 1.29 is 9.90 Å². The average molecular weight is 272 g/mol. The van der Waals surface area contributed by atoms with Crippen molar-refractivity contribution in [2.45, 2.75) is 19.8 Å². The van der Waals surface area contributed by atoms with Gasteiger partial charge in [0, 0.05) is 16.7 Å². The highest BCUT2D eigenvalue weighted by Crippen LogP contribution is 2.21. The second-order valence-electron chi connectivity index (χ2n) is 3.28. The first-order chi connectivity index (χ1) is 7.15. The molecule has 0 amide bonds. The monoisotopic (exact) mass is 271 g/mol. The number of unbranched alkanes of at least 4 members (excludes halogenated alkanes) is 1. The summed E-state index contributed by atoms with van der Waals surface area (Å²) in [7, 11) is 0. The van der Waals surface area contributed by atoms with Crippen LogP contribution in [0.15, 0.2) is 22.7 Å². The molecule has 1 aromatic carbocycles. The van der Waals surface area contributed by atoms with Gasteiger partial charge in [0.15, 0.2) is 0 Å². The van der Waals surface area contributed by atoms with Crippen LogP contribution < -0.4 is 5.32 Å². The van der Waals surface area contributed by atoms with Gasteiger partial charge >= 0.3 is 5.97 Å². The lowest BCUT2D eigenvalue weighted by molar-refractivity contribution is 0.0698. The van der Waals surface area contributed by atoms with Gasteiger partial charge in [-0.25, -0.2) is 4.79 Å². The number of aromatic carboxylic acids is 1. The fraction of sp³-hybridized carbons (Fsp3) is 0.364. The summed E-state index contributed by atoms with van der Waals surface area (Å²) in [6, 6.07) is 5.22. The number of carboxylic acid groups (broad SMARTS) is 1. The molecule has 0 radical (unpaired) electrons. The molecule has 0 fully saturated rings. The maximum atomic E-state index is 10.9. The van der Waals surface area contributed by atoms with E-state index in [1.807, 2.05) is 6.07 Å². The van der Waals surface area contributed by atoms with Crippen LogP contribution >= 0.6 is 15.9 Å². The van der Waals surface area contributed by atoms with Crippen molar-refractivity contribution >= 4 is 27.6 Å². The van der Waals surface area contributed by atoms with Crippen LogP contribution in [0.5, 0.6) is 0 Å². The minimum Gasteiger partial charge on any atom is -0.478 e. The fourth-order valence-corrected chi connectivity index (χ4v) is 1.61. The second kappa shape index (κ2) is 5.75. The number of carbonyl (C=O) groups is 1. The van der Waals surface area contributed by atoms with E-state index in [-0.39, 0.29) is 0 Å². The molecule has 82 valence electrons. The Balaban J connectivity index is 2.81. The molecule has 0 aromatic heterocycles. The van der Waals surface area contributed by atoms with Gasteiger partial charge in [-0.3, -0.25) is 0 Å². The molecule has 0 unspecified atom stereocenters. The zero-order chi connectivity index (χ0) is 11.3. The number of hydrogen-bond acceptors (Lipinski definition) is 2. The molecule has 2 N–H and O–H groups in total. The topological polar surface area (TPSA) is 49.3 Å². The standard InChI is InChI=1S/C11H14BrNO2/c1-2-3-6-13-10-5-4-8(12)7-9(10)11(14)15/h4-5,7,13H,2-3,6H2,1H3,(H,14,15). The van der Waals surface area contributed by atoms with Gasteiger partial charge in [0.1, 0.15) is 0 Å². The van der Waals surface area contributed by atoms with Crippen molar-refractivity contribution in [3.8, 4) is 0 Å². The van der Waals surface area contributed by atoms with Gasteiger partial charge in [-0.05, 0) is 24.6 Å². The van der Waals surface area contributed by atoms with E-state index in [9.17, 15) is 4.79 Å². The molecule has 4 heteroatoms. The summed E-state index contributed by atoms with van der Waals surface area (Å²) in [5.74, 6) is -0.907. The maximum absolute atomic E-state index is 10.9. The number of rotatable bonds is 5. The van der Waals surface area contributed by atoms with Crippen LogP contribution in [0.3, 0.4) is 0 Å². The zero-order valence-electron chi connectivity index (χ0n) is 8.59. The molecule has 3 nitrogen and oxygen atoms in total. The van der Waals surface area contributed by atoms with E-state index in [1.165, 1.54) is 0 Å². The lowest BCUT2D eigenvalue weighted by Crippen LogP contribution is -2.07. The number of nitrogens with one attached hydrogen (secondary N) is 1. The molecular formula is C11H14BrNO2.